The van der Waals surface area contributed by atoms with Crippen molar-refractivity contribution in [2.75, 3.05) is 50.0 Å². The first-order chi connectivity index (χ1) is 24.0. The molecule has 0 aliphatic carbocycles. The number of alkyl halides is 3. The zero-order valence-corrected chi connectivity index (χ0v) is 29.6. The number of thiazole rings is 1. The SMILES string of the molecule is CNC(=O)CCN(C=O)c1nn(C)c2cc(C3CCN(Cc4cccc(S(=O)N5CCC(Nc6ncc(C(F)(F)F)s6)CC5)c4)CC3)ccc12. The van der Waals surface area contributed by atoms with E-state index in [0.717, 1.165) is 66.4 Å². The van der Waals surface area contributed by atoms with Crippen molar-refractivity contribution in [2.45, 2.75) is 61.7 Å². The van der Waals surface area contributed by atoms with Gasteiger partial charge in [0.15, 0.2) is 10.9 Å². The smallest absolute Gasteiger partial charge is 0.359 e. The number of rotatable bonds is 12. The van der Waals surface area contributed by atoms with Crippen molar-refractivity contribution in [3.05, 3.63) is 64.7 Å². The van der Waals surface area contributed by atoms with Crippen LogP contribution in [0.3, 0.4) is 0 Å². The summed E-state index contributed by atoms with van der Waals surface area (Å²) in [5.41, 5.74) is 3.29. The van der Waals surface area contributed by atoms with Gasteiger partial charge in [-0.3, -0.25) is 24.1 Å². The zero-order valence-electron chi connectivity index (χ0n) is 28.0. The molecular weight excluding hydrogens is 690 g/mol. The first-order valence-corrected chi connectivity index (χ1v) is 18.6. The van der Waals surface area contributed by atoms with E-state index in [2.05, 4.69) is 43.8 Å². The Morgan fingerprint density at radius 3 is 2.54 bits per heavy atom. The molecule has 2 N–H and O–H groups in total. The van der Waals surface area contributed by atoms with E-state index < -0.39 is 22.0 Å². The summed E-state index contributed by atoms with van der Waals surface area (Å²) >= 11 is 0.609. The molecular formula is C34H41F3N8O3S2. The van der Waals surface area contributed by atoms with E-state index in [9.17, 15) is 27.0 Å². The molecule has 16 heteroatoms. The summed E-state index contributed by atoms with van der Waals surface area (Å²) < 4.78 is 56.0. The van der Waals surface area contributed by atoms with Crippen molar-refractivity contribution in [3.63, 3.8) is 0 Å². The first kappa shape index (κ1) is 35.9. The fraction of sp³-hybridized carbons (Fsp3) is 0.471. The van der Waals surface area contributed by atoms with E-state index in [4.69, 9.17) is 0 Å². The minimum atomic E-state index is -4.40. The molecule has 11 nitrogen and oxygen atoms in total. The van der Waals surface area contributed by atoms with Crippen LogP contribution in [0.2, 0.25) is 0 Å². The van der Waals surface area contributed by atoms with Crippen LogP contribution < -0.4 is 15.5 Å². The maximum Gasteiger partial charge on any atom is 0.427 e. The number of hydrogen-bond acceptors (Lipinski definition) is 8. The van der Waals surface area contributed by atoms with Gasteiger partial charge in [0.2, 0.25) is 12.3 Å². The lowest BCUT2D eigenvalue weighted by molar-refractivity contribution is -0.134. The van der Waals surface area contributed by atoms with Crippen molar-refractivity contribution >= 4 is 56.5 Å². The number of carbonyl (C=O) groups excluding carboxylic acids is 2. The van der Waals surface area contributed by atoms with E-state index in [1.807, 2.05) is 35.6 Å². The van der Waals surface area contributed by atoms with Crippen molar-refractivity contribution in [2.24, 2.45) is 7.05 Å². The van der Waals surface area contributed by atoms with Gasteiger partial charge in [0.05, 0.1) is 16.6 Å². The van der Waals surface area contributed by atoms with E-state index in [-0.39, 0.29) is 30.0 Å². The Morgan fingerprint density at radius 2 is 1.86 bits per heavy atom. The molecule has 0 spiro atoms. The number of fused-ring (bicyclic) bond motifs is 1. The Balaban J connectivity index is 1.00. The van der Waals surface area contributed by atoms with Gasteiger partial charge in [-0.1, -0.05) is 29.5 Å². The minimum absolute atomic E-state index is 0.0209. The second-order valence-electron chi connectivity index (χ2n) is 12.8. The maximum atomic E-state index is 13.5. The summed E-state index contributed by atoms with van der Waals surface area (Å²) in [6.45, 7) is 4.00. The number of aromatic nitrogens is 3. The Labute approximate surface area is 295 Å². The van der Waals surface area contributed by atoms with Gasteiger partial charge in [0, 0.05) is 58.1 Å². The Kier molecular flexibility index (Phi) is 11.2. The largest absolute Gasteiger partial charge is 0.427 e. The highest BCUT2D eigenvalue weighted by Crippen LogP contribution is 2.36. The van der Waals surface area contributed by atoms with Crippen LogP contribution in [0.15, 0.2) is 53.6 Å². The maximum absolute atomic E-state index is 13.5. The number of nitrogens with zero attached hydrogens (tertiary/aromatic N) is 6. The molecule has 0 bridgehead atoms. The number of hydrogen-bond donors (Lipinski definition) is 2. The molecule has 1 unspecified atom stereocenters. The van der Waals surface area contributed by atoms with Crippen LogP contribution in [0.1, 0.15) is 54.0 Å². The molecule has 2 fully saturated rings. The lowest BCUT2D eigenvalue weighted by Gasteiger charge is -2.32. The highest BCUT2D eigenvalue weighted by atomic mass is 32.2. The van der Waals surface area contributed by atoms with Crippen molar-refractivity contribution in [1.82, 2.24) is 29.3 Å². The van der Waals surface area contributed by atoms with Gasteiger partial charge in [0.1, 0.15) is 15.9 Å². The van der Waals surface area contributed by atoms with Gasteiger partial charge in [-0.05, 0) is 80.1 Å². The number of anilines is 2. The van der Waals surface area contributed by atoms with Crippen LogP contribution in [-0.2, 0) is 40.3 Å². The summed E-state index contributed by atoms with van der Waals surface area (Å²) in [4.78, 5) is 31.4. The number of likely N-dealkylation sites (tertiary alicyclic amines) is 1. The van der Waals surface area contributed by atoms with E-state index in [0.29, 0.717) is 49.0 Å². The molecule has 0 saturated carbocycles. The van der Waals surface area contributed by atoms with Crippen LogP contribution in [-0.4, -0.2) is 86.3 Å². The van der Waals surface area contributed by atoms with Gasteiger partial charge in [-0.15, -0.1) is 0 Å². The van der Waals surface area contributed by atoms with Crippen LogP contribution in [0.25, 0.3) is 10.9 Å². The summed E-state index contributed by atoms with van der Waals surface area (Å²) in [5, 5.41) is 11.4. The third-order valence-corrected chi connectivity index (χ3v) is 11.9. The molecule has 4 aromatic rings. The first-order valence-electron chi connectivity index (χ1n) is 16.7. The van der Waals surface area contributed by atoms with E-state index >= 15 is 0 Å². The lowest BCUT2D eigenvalue weighted by Crippen LogP contribution is -2.40. The number of piperidine rings is 2. The topological polar surface area (TPSA) is 116 Å². The summed E-state index contributed by atoms with van der Waals surface area (Å²) in [6, 6.07) is 14.2. The molecule has 6 rings (SSSR count). The molecule has 2 aliphatic rings. The quantitative estimate of drug-likeness (QED) is 0.195. The predicted molar refractivity (Wildman–Crippen MR) is 188 cm³/mol. The third kappa shape index (κ3) is 8.36. The van der Waals surface area contributed by atoms with Crippen LogP contribution in [0.4, 0.5) is 24.1 Å². The predicted octanol–water partition coefficient (Wildman–Crippen LogP) is 5.13. The van der Waals surface area contributed by atoms with Crippen LogP contribution in [0, 0.1) is 0 Å². The number of amides is 2. The number of benzene rings is 2. The van der Waals surface area contributed by atoms with Gasteiger partial charge in [-0.2, -0.15) is 18.3 Å². The van der Waals surface area contributed by atoms with Crippen LogP contribution >= 0.6 is 11.3 Å². The Morgan fingerprint density at radius 1 is 1.10 bits per heavy atom. The summed E-state index contributed by atoms with van der Waals surface area (Å²) in [5.74, 6) is 0.800. The van der Waals surface area contributed by atoms with Gasteiger partial charge in [-0.25, -0.2) is 13.5 Å². The fourth-order valence-electron chi connectivity index (χ4n) is 6.67. The lowest BCUT2D eigenvalue weighted by atomic mass is 9.89. The Hall–Kier alpha value is -3.86. The summed E-state index contributed by atoms with van der Waals surface area (Å²) in [6.07, 6.45) is 0.683. The molecule has 2 aromatic heterocycles. The van der Waals surface area contributed by atoms with E-state index in [1.54, 1.807) is 11.7 Å². The summed E-state index contributed by atoms with van der Waals surface area (Å²) in [7, 11) is 2.11. The molecule has 2 saturated heterocycles. The highest BCUT2D eigenvalue weighted by molar-refractivity contribution is 7.82. The molecule has 268 valence electrons. The van der Waals surface area contributed by atoms with Gasteiger partial charge >= 0.3 is 6.18 Å². The molecule has 2 amide bonds. The zero-order chi connectivity index (χ0) is 35.4. The van der Waals surface area contributed by atoms with Gasteiger partial charge in [0.25, 0.3) is 0 Å². The molecule has 4 heterocycles. The molecule has 50 heavy (non-hydrogen) atoms. The highest BCUT2D eigenvalue weighted by Gasteiger charge is 2.34. The molecule has 1 atom stereocenters. The standard InChI is InChI=1S/C34H41F3N8O3S2/c1-38-31(47)12-15-44(22-46)32-28-7-6-25(19-29(28)42(2)41-32)24-8-13-43(14-9-24)21-23-4-3-5-27(18-23)50(48)45-16-10-26(11-17-45)40-33-39-20-30(49-33)34(35,36)37/h3-7,18-20,22,24,26H,8-17,21H2,1-2H3,(H,38,47)(H,39,40). The van der Waals surface area contributed by atoms with E-state index in [1.165, 1.54) is 10.5 Å². The number of nitrogens with one attached hydrogen (secondary N) is 2. The molecule has 0 radical (unpaired) electrons. The molecule has 2 aliphatic heterocycles. The average Bonchev–Trinajstić information content (AvgIpc) is 3.73. The fourth-order valence-corrected chi connectivity index (χ4v) is 8.72. The second kappa shape index (κ2) is 15.6. The van der Waals surface area contributed by atoms with Gasteiger partial charge < -0.3 is 10.6 Å². The van der Waals surface area contributed by atoms with Crippen molar-refractivity contribution in [1.29, 1.82) is 0 Å². The average molecular weight is 731 g/mol. The normalized spacial score (nSPS) is 17.5. The number of halogens is 3. The minimum Gasteiger partial charge on any atom is -0.359 e. The molecule has 2 aromatic carbocycles. The van der Waals surface area contributed by atoms with Crippen molar-refractivity contribution in [3.8, 4) is 0 Å². The number of carbonyl (C=O) groups is 2. The number of aryl methyl sites for hydroxylation is 1. The second-order valence-corrected chi connectivity index (χ2v) is 15.3. The van der Waals surface area contributed by atoms with Crippen molar-refractivity contribution < 1.29 is 27.0 Å². The van der Waals surface area contributed by atoms with Crippen LogP contribution in [0.5, 0.6) is 0 Å². The third-order valence-electron chi connectivity index (χ3n) is 9.48. The Bertz CT molecular complexity index is 1830. The monoisotopic (exact) mass is 730 g/mol.